The van der Waals surface area contributed by atoms with Gasteiger partial charge in [-0.1, -0.05) is 0 Å². The van der Waals surface area contributed by atoms with E-state index in [1.807, 2.05) is 35.6 Å². The summed E-state index contributed by atoms with van der Waals surface area (Å²) in [6.45, 7) is 5.59. The first-order valence-electron chi connectivity index (χ1n) is 7.11. The van der Waals surface area contributed by atoms with E-state index in [1.165, 1.54) is 0 Å². The van der Waals surface area contributed by atoms with Crippen LogP contribution in [-0.2, 0) is 26.6 Å². The van der Waals surface area contributed by atoms with Gasteiger partial charge in [0.1, 0.15) is 11.3 Å². The number of aromatic nitrogens is 6. The molecule has 3 heterocycles. The number of fused-ring (bicyclic) bond motifs is 1. The number of rotatable bonds is 5. The van der Waals surface area contributed by atoms with Gasteiger partial charge in [-0.05, 0) is 19.9 Å². The Labute approximate surface area is 128 Å². The highest BCUT2D eigenvalue weighted by molar-refractivity contribution is 6.17. The molecule has 0 N–H and O–H groups in total. The van der Waals surface area contributed by atoms with Gasteiger partial charge in [-0.3, -0.25) is 4.68 Å². The van der Waals surface area contributed by atoms with Crippen molar-refractivity contribution in [3.05, 3.63) is 29.5 Å². The molecule has 3 aromatic rings. The Kier molecular flexibility index (Phi) is 3.71. The summed E-state index contributed by atoms with van der Waals surface area (Å²) in [5.41, 5.74) is 3.99. The molecule has 0 unspecified atom stereocenters. The van der Waals surface area contributed by atoms with Gasteiger partial charge in [0, 0.05) is 32.1 Å². The number of hydrogen-bond donors (Lipinski definition) is 0. The van der Waals surface area contributed by atoms with Crippen molar-refractivity contribution in [1.82, 2.24) is 29.1 Å². The number of imidazole rings is 1. The molecule has 112 valence electrons. The molecule has 21 heavy (non-hydrogen) atoms. The Morgan fingerprint density at radius 3 is 2.71 bits per heavy atom. The van der Waals surface area contributed by atoms with E-state index < -0.39 is 0 Å². The van der Waals surface area contributed by atoms with Crippen molar-refractivity contribution in [2.24, 2.45) is 7.05 Å². The van der Waals surface area contributed by atoms with Gasteiger partial charge in [0.05, 0.1) is 17.9 Å². The van der Waals surface area contributed by atoms with Crippen molar-refractivity contribution >= 4 is 22.8 Å². The summed E-state index contributed by atoms with van der Waals surface area (Å²) in [6, 6.07) is 2.02. The van der Waals surface area contributed by atoms with Crippen LogP contribution in [0.3, 0.4) is 0 Å². The lowest BCUT2D eigenvalue weighted by Gasteiger charge is -2.08. The van der Waals surface area contributed by atoms with Crippen LogP contribution in [0.4, 0.5) is 0 Å². The summed E-state index contributed by atoms with van der Waals surface area (Å²) in [5.74, 6) is 1.55. The minimum atomic E-state index is 0.556. The Morgan fingerprint density at radius 2 is 2.10 bits per heavy atom. The van der Waals surface area contributed by atoms with Crippen LogP contribution < -0.4 is 0 Å². The predicted octanol–water partition coefficient (Wildman–Crippen LogP) is 2.12. The molecule has 0 aromatic carbocycles. The standard InChI is InChI=1S/C14H19ClN6/c1-4-21-14-13(10(2)17-21)16-12(5-7-15)20(14)9-11-6-8-19(3)18-11/h6,8H,4-5,7,9H2,1-3H3. The Hall–Kier alpha value is -1.82. The molecule has 0 aliphatic rings. The second-order valence-corrected chi connectivity index (χ2v) is 5.49. The first-order valence-corrected chi connectivity index (χ1v) is 7.64. The van der Waals surface area contributed by atoms with Crippen LogP contribution in [0.5, 0.6) is 0 Å². The van der Waals surface area contributed by atoms with Crippen LogP contribution in [0.25, 0.3) is 11.2 Å². The van der Waals surface area contributed by atoms with E-state index in [9.17, 15) is 0 Å². The molecule has 0 radical (unpaired) electrons. The molecule has 0 bridgehead atoms. The molecule has 0 saturated heterocycles. The molecule has 6 nitrogen and oxygen atoms in total. The lowest BCUT2D eigenvalue weighted by Crippen LogP contribution is -2.11. The first kappa shape index (κ1) is 14.1. The van der Waals surface area contributed by atoms with Crippen molar-refractivity contribution in [2.45, 2.75) is 33.4 Å². The third kappa shape index (κ3) is 2.44. The maximum Gasteiger partial charge on any atom is 0.159 e. The molecule has 0 aliphatic carbocycles. The first-order chi connectivity index (χ1) is 10.1. The summed E-state index contributed by atoms with van der Waals surface area (Å²) < 4.78 is 5.99. The Morgan fingerprint density at radius 1 is 1.29 bits per heavy atom. The van der Waals surface area contributed by atoms with Crippen LogP contribution in [0.15, 0.2) is 12.3 Å². The van der Waals surface area contributed by atoms with Crippen LogP contribution in [0, 0.1) is 6.92 Å². The van der Waals surface area contributed by atoms with E-state index in [0.29, 0.717) is 12.4 Å². The molecule has 3 aromatic heterocycles. The Balaban J connectivity index is 2.14. The average Bonchev–Trinajstić information content (AvgIpc) is 3.10. The lowest BCUT2D eigenvalue weighted by molar-refractivity contribution is 0.627. The summed E-state index contributed by atoms with van der Waals surface area (Å²) in [7, 11) is 1.92. The molecule has 3 rings (SSSR count). The van der Waals surface area contributed by atoms with Crippen LogP contribution in [0.1, 0.15) is 24.1 Å². The van der Waals surface area contributed by atoms with Crippen molar-refractivity contribution in [3.63, 3.8) is 0 Å². The highest BCUT2D eigenvalue weighted by Crippen LogP contribution is 2.21. The zero-order chi connectivity index (χ0) is 15.0. The van der Waals surface area contributed by atoms with Gasteiger partial charge in [-0.2, -0.15) is 10.2 Å². The second kappa shape index (κ2) is 5.52. The minimum absolute atomic E-state index is 0.556. The highest BCUT2D eigenvalue weighted by atomic mass is 35.5. The molecule has 0 aliphatic heterocycles. The summed E-state index contributed by atoms with van der Waals surface area (Å²) >= 11 is 5.93. The topological polar surface area (TPSA) is 53.5 Å². The van der Waals surface area contributed by atoms with Gasteiger partial charge in [0.15, 0.2) is 5.65 Å². The van der Waals surface area contributed by atoms with Gasteiger partial charge in [0.25, 0.3) is 0 Å². The number of alkyl halides is 1. The van der Waals surface area contributed by atoms with E-state index in [4.69, 9.17) is 16.6 Å². The molecular weight excluding hydrogens is 288 g/mol. The predicted molar refractivity (Wildman–Crippen MR) is 82.7 cm³/mol. The van der Waals surface area contributed by atoms with E-state index in [1.54, 1.807) is 0 Å². The molecule has 0 saturated carbocycles. The zero-order valence-electron chi connectivity index (χ0n) is 12.5. The summed E-state index contributed by atoms with van der Waals surface area (Å²) in [5, 5.41) is 9.01. The number of aryl methyl sites for hydroxylation is 4. The maximum atomic E-state index is 5.93. The molecule has 0 spiro atoms. The third-order valence-electron chi connectivity index (χ3n) is 3.58. The fraction of sp³-hybridized carbons (Fsp3) is 0.500. The van der Waals surface area contributed by atoms with Crippen LogP contribution in [-0.4, -0.2) is 35.0 Å². The fourth-order valence-corrected chi connectivity index (χ4v) is 2.81. The smallest absolute Gasteiger partial charge is 0.159 e. The summed E-state index contributed by atoms with van der Waals surface area (Å²) in [6.07, 6.45) is 2.69. The largest absolute Gasteiger partial charge is 0.307 e. The van der Waals surface area contributed by atoms with Crippen molar-refractivity contribution < 1.29 is 0 Å². The van der Waals surface area contributed by atoms with Gasteiger partial charge in [-0.15, -0.1) is 11.6 Å². The van der Waals surface area contributed by atoms with Gasteiger partial charge < -0.3 is 4.57 Å². The van der Waals surface area contributed by atoms with Gasteiger partial charge >= 0.3 is 0 Å². The Bertz CT molecular complexity index is 766. The lowest BCUT2D eigenvalue weighted by atomic mass is 10.4. The minimum Gasteiger partial charge on any atom is -0.307 e. The maximum absolute atomic E-state index is 5.93. The van der Waals surface area contributed by atoms with E-state index in [0.717, 1.165) is 41.3 Å². The number of halogens is 1. The number of nitrogens with zero attached hydrogens (tertiary/aromatic N) is 6. The van der Waals surface area contributed by atoms with Crippen molar-refractivity contribution in [2.75, 3.05) is 5.88 Å². The van der Waals surface area contributed by atoms with Gasteiger partial charge in [0.2, 0.25) is 0 Å². The van der Waals surface area contributed by atoms with E-state index >= 15 is 0 Å². The quantitative estimate of drug-likeness (QED) is 0.679. The van der Waals surface area contributed by atoms with Gasteiger partial charge in [-0.25, -0.2) is 9.67 Å². The average molecular weight is 307 g/mol. The SMILES string of the molecule is CCn1nc(C)c2nc(CCCl)n(Cc3ccn(C)n3)c21. The zero-order valence-corrected chi connectivity index (χ0v) is 13.3. The molecule has 0 fully saturated rings. The highest BCUT2D eigenvalue weighted by Gasteiger charge is 2.18. The molecule has 0 amide bonds. The molecule has 7 heteroatoms. The second-order valence-electron chi connectivity index (χ2n) is 5.11. The van der Waals surface area contributed by atoms with E-state index in [2.05, 4.69) is 21.7 Å². The monoisotopic (exact) mass is 306 g/mol. The van der Waals surface area contributed by atoms with Crippen LogP contribution >= 0.6 is 11.6 Å². The molecular formula is C14H19ClN6. The van der Waals surface area contributed by atoms with Crippen molar-refractivity contribution in [3.8, 4) is 0 Å². The van der Waals surface area contributed by atoms with Crippen LogP contribution in [0.2, 0.25) is 0 Å². The number of hydrogen-bond acceptors (Lipinski definition) is 3. The van der Waals surface area contributed by atoms with Crippen molar-refractivity contribution in [1.29, 1.82) is 0 Å². The third-order valence-corrected chi connectivity index (χ3v) is 3.77. The summed E-state index contributed by atoms with van der Waals surface area (Å²) in [4.78, 5) is 4.73. The fourth-order valence-electron chi connectivity index (χ4n) is 2.64. The molecule has 0 atom stereocenters. The van der Waals surface area contributed by atoms with E-state index in [-0.39, 0.29) is 0 Å². The normalized spacial score (nSPS) is 11.6.